The van der Waals surface area contributed by atoms with E-state index in [1.54, 1.807) is 18.2 Å². The minimum absolute atomic E-state index is 0.164. The maximum atomic E-state index is 12.5. The molecule has 122 valence electrons. The number of benzene rings is 2. The van der Waals surface area contributed by atoms with E-state index >= 15 is 0 Å². The summed E-state index contributed by atoms with van der Waals surface area (Å²) in [4.78, 5) is 12.5. The summed E-state index contributed by atoms with van der Waals surface area (Å²) in [5, 5.41) is 2.95. The van der Waals surface area contributed by atoms with Gasteiger partial charge in [0, 0.05) is 11.3 Å². The molecule has 0 aromatic heterocycles. The number of carbonyl (C=O) groups excluding carboxylic acids is 1. The molecule has 0 fully saturated rings. The number of nitrogens with one attached hydrogen (secondary N) is 1. The summed E-state index contributed by atoms with van der Waals surface area (Å²) in [6.07, 6.45) is 0. The Hall–Kier alpha value is -2.49. The molecule has 23 heavy (non-hydrogen) atoms. The van der Waals surface area contributed by atoms with Crippen molar-refractivity contribution in [2.75, 3.05) is 18.5 Å². The molecule has 2 aromatic rings. The molecule has 0 saturated heterocycles. The molecule has 4 heteroatoms. The molecule has 0 unspecified atom stereocenters. The lowest BCUT2D eigenvalue weighted by Gasteiger charge is -2.13. The summed E-state index contributed by atoms with van der Waals surface area (Å²) in [5.74, 6) is 1.07. The summed E-state index contributed by atoms with van der Waals surface area (Å²) in [6, 6.07) is 11.1. The van der Waals surface area contributed by atoms with Crippen LogP contribution in [0.4, 0.5) is 5.69 Å². The number of hydrogen-bond donors (Lipinski definition) is 1. The van der Waals surface area contributed by atoms with Crippen LogP contribution in [0, 0.1) is 13.8 Å². The third-order valence-electron chi connectivity index (χ3n) is 3.66. The average Bonchev–Trinajstić information content (AvgIpc) is 2.54. The molecule has 4 nitrogen and oxygen atoms in total. The van der Waals surface area contributed by atoms with Crippen LogP contribution in [0.5, 0.6) is 11.5 Å². The Bertz CT molecular complexity index is 695. The summed E-state index contributed by atoms with van der Waals surface area (Å²) in [5.41, 5.74) is 3.57. The fourth-order valence-corrected chi connectivity index (χ4v) is 2.27. The third kappa shape index (κ3) is 4.03. The predicted octanol–water partition coefficient (Wildman–Crippen LogP) is 4.35. The Balaban J connectivity index is 2.25. The first-order valence-corrected chi connectivity index (χ1v) is 7.84. The van der Waals surface area contributed by atoms with E-state index in [1.165, 1.54) is 0 Å². The van der Waals surface area contributed by atoms with Gasteiger partial charge in [-0.2, -0.15) is 0 Å². The van der Waals surface area contributed by atoms with E-state index in [1.807, 2.05) is 45.9 Å². The Kier molecular flexibility index (Phi) is 5.63. The zero-order chi connectivity index (χ0) is 16.8. The zero-order valence-electron chi connectivity index (χ0n) is 14.1. The first-order valence-electron chi connectivity index (χ1n) is 7.84. The van der Waals surface area contributed by atoms with Crippen molar-refractivity contribution in [1.29, 1.82) is 0 Å². The lowest BCUT2D eigenvalue weighted by atomic mass is 10.1. The Labute approximate surface area is 137 Å². The van der Waals surface area contributed by atoms with E-state index < -0.39 is 0 Å². The molecule has 0 saturated carbocycles. The van der Waals surface area contributed by atoms with Gasteiger partial charge in [0.05, 0.1) is 13.2 Å². The molecule has 1 N–H and O–H groups in total. The lowest BCUT2D eigenvalue weighted by Crippen LogP contribution is -2.13. The number of amides is 1. The van der Waals surface area contributed by atoms with Gasteiger partial charge in [-0.3, -0.25) is 4.79 Å². The van der Waals surface area contributed by atoms with Crippen LogP contribution in [0.25, 0.3) is 0 Å². The van der Waals surface area contributed by atoms with Crippen LogP contribution in [-0.4, -0.2) is 19.1 Å². The van der Waals surface area contributed by atoms with Gasteiger partial charge in [-0.05, 0) is 63.1 Å². The topological polar surface area (TPSA) is 47.6 Å². The van der Waals surface area contributed by atoms with Crippen LogP contribution >= 0.6 is 0 Å². The average molecular weight is 313 g/mol. The molecule has 2 aromatic carbocycles. The van der Waals surface area contributed by atoms with Crippen molar-refractivity contribution in [3.63, 3.8) is 0 Å². The lowest BCUT2D eigenvalue weighted by molar-refractivity contribution is 0.102. The molecule has 0 aliphatic carbocycles. The molecule has 0 atom stereocenters. The maximum Gasteiger partial charge on any atom is 0.255 e. The molecule has 0 heterocycles. The van der Waals surface area contributed by atoms with Crippen molar-refractivity contribution in [3.8, 4) is 11.5 Å². The van der Waals surface area contributed by atoms with Gasteiger partial charge in [0.1, 0.15) is 0 Å². The second-order valence-electron chi connectivity index (χ2n) is 5.23. The second-order valence-corrected chi connectivity index (χ2v) is 5.23. The van der Waals surface area contributed by atoms with Gasteiger partial charge in [0.2, 0.25) is 0 Å². The van der Waals surface area contributed by atoms with Crippen molar-refractivity contribution in [3.05, 3.63) is 53.1 Å². The van der Waals surface area contributed by atoms with Crippen molar-refractivity contribution in [2.24, 2.45) is 0 Å². The maximum absolute atomic E-state index is 12.5. The van der Waals surface area contributed by atoms with Gasteiger partial charge in [0.15, 0.2) is 11.5 Å². The molecule has 2 rings (SSSR count). The fourth-order valence-electron chi connectivity index (χ4n) is 2.27. The number of aryl methyl sites for hydroxylation is 1. The number of anilines is 1. The third-order valence-corrected chi connectivity index (χ3v) is 3.66. The molecule has 0 spiro atoms. The second kappa shape index (κ2) is 7.68. The van der Waals surface area contributed by atoms with Crippen molar-refractivity contribution in [1.82, 2.24) is 0 Å². The van der Waals surface area contributed by atoms with E-state index in [2.05, 4.69) is 5.32 Å². The van der Waals surface area contributed by atoms with Crippen molar-refractivity contribution in [2.45, 2.75) is 27.7 Å². The summed E-state index contributed by atoms with van der Waals surface area (Å²) in [7, 11) is 0. The SMILES string of the molecule is CCOc1ccc(C(=O)Nc2cccc(C)c2C)cc1OCC. The molecule has 0 aliphatic rings. The summed E-state index contributed by atoms with van der Waals surface area (Å²) >= 11 is 0. The van der Waals surface area contributed by atoms with Crippen LogP contribution in [-0.2, 0) is 0 Å². The van der Waals surface area contributed by atoms with Gasteiger partial charge >= 0.3 is 0 Å². The summed E-state index contributed by atoms with van der Waals surface area (Å²) < 4.78 is 11.1. The fraction of sp³-hybridized carbons (Fsp3) is 0.316. The van der Waals surface area contributed by atoms with Gasteiger partial charge < -0.3 is 14.8 Å². The highest BCUT2D eigenvalue weighted by molar-refractivity contribution is 6.05. The highest BCUT2D eigenvalue weighted by Crippen LogP contribution is 2.29. The number of rotatable bonds is 6. The largest absolute Gasteiger partial charge is 0.490 e. The molecular weight excluding hydrogens is 290 g/mol. The minimum atomic E-state index is -0.164. The van der Waals surface area contributed by atoms with Crippen LogP contribution in [0.15, 0.2) is 36.4 Å². The molecule has 0 radical (unpaired) electrons. The molecule has 0 bridgehead atoms. The van der Waals surface area contributed by atoms with E-state index in [9.17, 15) is 4.79 Å². The quantitative estimate of drug-likeness (QED) is 0.862. The minimum Gasteiger partial charge on any atom is -0.490 e. The first-order chi connectivity index (χ1) is 11.1. The highest BCUT2D eigenvalue weighted by atomic mass is 16.5. The predicted molar refractivity (Wildman–Crippen MR) is 92.6 cm³/mol. The van der Waals surface area contributed by atoms with Crippen molar-refractivity contribution >= 4 is 11.6 Å². The Morgan fingerprint density at radius 1 is 1.00 bits per heavy atom. The van der Waals surface area contributed by atoms with E-state index in [0.717, 1.165) is 16.8 Å². The Morgan fingerprint density at radius 2 is 1.70 bits per heavy atom. The van der Waals surface area contributed by atoms with E-state index in [4.69, 9.17) is 9.47 Å². The Morgan fingerprint density at radius 3 is 2.39 bits per heavy atom. The zero-order valence-corrected chi connectivity index (χ0v) is 14.1. The van der Waals surface area contributed by atoms with Crippen LogP contribution in [0.3, 0.4) is 0 Å². The smallest absolute Gasteiger partial charge is 0.255 e. The molecular formula is C19H23NO3. The van der Waals surface area contributed by atoms with Gasteiger partial charge in [-0.1, -0.05) is 12.1 Å². The molecule has 0 aliphatic heterocycles. The van der Waals surface area contributed by atoms with Crippen LogP contribution in [0.1, 0.15) is 35.3 Å². The van der Waals surface area contributed by atoms with Crippen LogP contribution in [0.2, 0.25) is 0 Å². The number of ether oxygens (including phenoxy) is 2. The van der Waals surface area contributed by atoms with E-state index in [-0.39, 0.29) is 5.91 Å². The number of carbonyl (C=O) groups is 1. The van der Waals surface area contributed by atoms with Crippen molar-refractivity contribution < 1.29 is 14.3 Å². The van der Waals surface area contributed by atoms with Gasteiger partial charge in [-0.25, -0.2) is 0 Å². The van der Waals surface area contributed by atoms with Crippen LogP contribution < -0.4 is 14.8 Å². The van der Waals surface area contributed by atoms with Gasteiger partial charge in [0.25, 0.3) is 5.91 Å². The van der Waals surface area contributed by atoms with E-state index in [0.29, 0.717) is 30.3 Å². The molecule has 1 amide bonds. The normalized spacial score (nSPS) is 10.3. The number of hydrogen-bond acceptors (Lipinski definition) is 3. The van der Waals surface area contributed by atoms with Gasteiger partial charge in [-0.15, -0.1) is 0 Å². The monoisotopic (exact) mass is 313 g/mol. The standard InChI is InChI=1S/C19H23NO3/c1-5-22-17-11-10-15(12-18(17)23-6-2)19(21)20-16-9-7-8-13(3)14(16)4/h7-12H,5-6H2,1-4H3,(H,20,21). The first kappa shape index (κ1) is 16.9. The summed E-state index contributed by atoms with van der Waals surface area (Å²) in [6.45, 7) is 8.90. The highest BCUT2D eigenvalue weighted by Gasteiger charge is 2.13.